The number of amides is 3. The summed E-state index contributed by atoms with van der Waals surface area (Å²) < 4.78 is 5.56. The van der Waals surface area contributed by atoms with E-state index in [0.717, 1.165) is 23.1 Å². The Kier molecular flexibility index (Phi) is 11.6. The molecule has 0 aliphatic heterocycles. The molecule has 0 aliphatic carbocycles. The van der Waals surface area contributed by atoms with Crippen LogP contribution in [0.2, 0.25) is 5.02 Å². The van der Waals surface area contributed by atoms with E-state index < -0.39 is 41.1 Å². The summed E-state index contributed by atoms with van der Waals surface area (Å²) in [5.74, 6) is -0.807. The Morgan fingerprint density at radius 2 is 1.50 bits per heavy atom. The Labute approximate surface area is 267 Å². The Morgan fingerprint density at radius 1 is 0.864 bits per heavy atom. The third-order valence-electron chi connectivity index (χ3n) is 7.71. The minimum Gasteiger partial charge on any atom is -0.444 e. The summed E-state index contributed by atoms with van der Waals surface area (Å²) in [6.45, 7) is 15.1. The molecular weight excluding hydrogens is 574 g/mol. The third kappa shape index (κ3) is 9.08. The number of nitrogens with zero attached hydrogens (tertiary/aromatic N) is 1. The Hall–Kier alpha value is -3.84. The van der Waals surface area contributed by atoms with Crippen LogP contribution in [-0.2, 0) is 27.2 Å². The molecule has 0 fully saturated rings. The van der Waals surface area contributed by atoms with Crippen LogP contribution in [0.5, 0.6) is 0 Å². The maximum atomic E-state index is 14.8. The van der Waals surface area contributed by atoms with Crippen LogP contribution in [0.1, 0.15) is 83.2 Å². The lowest BCUT2D eigenvalue weighted by atomic mass is 9.90. The largest absolute Gasteiger partial charge is 0.444 e. The van der Waals surface area contributed by atoms with Gasteiger partial charge in [-0.05, 0) is 82.7 Å². The fraction of sp³-hybridized carbons (Fsp3) is 0.417. The molecule has 0 saturated carbocycles. The number of carbonyl (C=O) groups is 3. The van der Waals surface area contributed by atoms with Crippen LogP contribution >= 0.6 is 11.6 Å². The molecule has 3 rings (SSSR count). The van der Waals surface area contributed by atoms with E-state index in [1.165, 1.54) is 0 Å². The van der Waals surface area contributed by atoms with Gasteiger partial charge in [0.2, 0.25) is 5.91 Å². The second-order valence-corrected chi connectivity index (χ2v) is 13.1. The summed E-state index contributed by atoms with van der Waals surface area (Å²) in [5.41, 5.74) is 2.35. The van der Waals surface area contributed by atoms with Crippen molar-refractivity contribution in [1.82, 2.24) is 10.2 Å². The van der Waals surface area contributed by atoms with E-state index in [-0.39, 0.29) is 6.42 Å². The van der Waals surface area contributed by atoms with E-state index >= 15 is 0 Å². The number of ether oxygens (including phenoxy) is 1. The highest BCUT2D eigenvalue weighted by Gasteiger charge is 2.43. The number of nitrogens with one attached hydrogen (secondary N) is 2. The van der Waals surface area contributed by atoms with Crippen molar-refractivity contribution in [3.8, 4) is 0 Å². The molecule has 236 valence electrons. The van der Waals surface area contributed by atoms with E-state index in [1.54, 1.807) is 31.7 Å². The number of benzene rings is 3. The number of carbonyl (C=O) groups excluding carboxylic acids is 3. The van der Waals surface area contributed by atoms with E-state index in [4.69, 9.17) is 16.3 Å². The second kappa shape index (κ2) is 14.8. The summed E-state index contributed by atoms with van der Waals surface area (Å²) in [6.07, 6.45) is 0.881. The molecule has 0 aromatic heterocycles. The minimum absolute atomic E-state index is 0.210. The molecule has 44 heavy (non-hydrogen) atoms. The molecule has 0 heterocycles. The molecule has 0 bridgehead atoms. The van der Waals surface area contributed by atoms with Gasteiger partial charge in [0.05, 0.1) is 10.7 Å². The zero-order valence-electron chi connectivity index (χ0n) is 27.2. The van der Waals surface area contributed by atoms with Crippen LogP contribution < -0.4 is 10.6 Å². The van der Waals surface area contributed by atoms with E-state index in [9.17, 15) is 14.4 Å². The van der Waals surface area contributed by atoms with Gasteiger partial charge in [0.15, 0.2) is 0 Å². The van der Waals surface area contributed by atoms with Gasteiger partial charge in [-0.15, -0.1) is 0 Å². The lowest BCUT2D eigenvalue weighted by molar-refractivity contribution is -0.147. The summed E-state index contributed by atoms with van der Waals surface area (Å²) in [5, 5.41) is 6.25. The zero-order chi connectivity index (χ0) is 32.7. The van der Waals surface area contributed by atoms with Gasteiger partial charge < -0.3 is 20.3 Å². The van der Waals surface area contributed by atoms with Crippen LogP contribution in [0.3, 0.4) is 0 Å². The van der Waals surface area contributed by atoms with Gasteiger partial charge in [0, 0.05) is 12.0 Å². The first-order valence-electron chi connectivity index (χ1n) is 15.2. The molecule has 0 saturated heterocycles. The molecule has 7 nitrogen and oxygen atoms in total. The van der Waals surface area contributed by atoms with E-state index in [0.29, 0.717) is 22.7 Å². The smallest absolute Gasteiger partial charge is 0.408 e. The highest BCUT2D eigenvalue weighted by molar-refractivity contribution is 6.34. The standard InChI is InChI=1S/C36H46ClN3O4/c1-9-25-19-21-27(22-20-25)31(32(41)39-30-24(3)15-14-18-28(30)37)40(36(7,8)10-2)33(42)29(23-26-16-12-11-13-17-26)38-34(43)44-35(4,5)6/h11-22,29,31H,9-10,23H2,1-8H3,(H,38,43)(H,39,41). The predicted octanol–water partition coefficient (Wildman–Crippen LogP) is 8.04. The van der Waals surface area contributed by atoms with Gasteiger partial charge in [0.25, 0.3) is 5.91 Å². The van der Waals surface area contributed by atoms with Crippen LogP contribution in [0.15, 0.2) is 72.8 Å². The normalized spacial score (nSPS) is 13.0. The quantitative estimate of drug-likeness (QED) is 0.227. The maximum absolute atomic E-state index is 14.8. The first-order valence-corrected chi connectivity index (χ1v) is 15.6. The first kappa shape index (κ1) is 34.6. The van der Waals surface area contributed by atoms with Gasteiger partial charge in [0.1, 0.15) is 17.7 Å². The van der Waals surface area contributed by atoms with Crippen molar-refractivity contribution in [3.63, 3.8) is 0 Å². The Bertz CT molecular complexity index is 1410. The number of aryl methyl sites for hydroxylation is 2. The van der Waals surface area contributed by atoms with Gasteiger partial charge in [-0.1, -0.05) is 92.2 Å². The van der Waals surface area contributed by atoms with Crippen molar-refractivity contribution < 1.29 is 19.1 Å². The van der Waals surface area contributed by atoms with Crippen molar-refractivity contribution in [2.24, 2.45) is 0 Å². The molecule has 2 atom stereocenters. The summed E-state index contributed by atoms with van der Waals surface area (Å²) in [4.78, 5) is 43.9. The van der Waals surface area contributed by atoms with Gasteiger partial charge >= 0.3 is 6.09 Å². The molecule has 8 heteroatoms. The molecule has 3 aromatic carbocycles. The fourth-order valence-corrected chi connectivity index (χ4v) is 5.22. The second-order valence-electron chi connectivity index (χ2n) is 12.7. The van der Waals surface area contributed by atoms with Crippen LogP contribution in [-0.4, -0.2) is 40.0 Å². The van der Waals surface area contributed by atoms with Gasteiger partial charge in [-0.25, -0.2) is 4.79 Å². The number of para-hydroxylation sites is 1. The fourth-order valence-electron chi connectivity index (χ4n) is 4.95. The minimum atomic E-state index is -1.03. The predicted molar refractivity (Wildman–Crippen MR) is 178 cm³/mol. The summed E-state index contributed by atoms with van der Waals surface area (Å²) in [6, 6.07) is 20.6. The van der Waals surface area contributed by atoms with E-state index in [1.807, 2.05) is 94.4 Å². The maximum Gasteiger partial charge on any atom is 0.408 e. The third-order valence-corrected chi connectivity index (χ3v) is 8.02. The number of alkyl carbamates (subject to hydrolysis) is 1. The lowest BCUT2D eigenvalue weighted by Gasteiger charge is -2.44. The van der Waals surface area contributed by atoms with Crippen molar-refractivity contribution in [1.29, 1.82) is 0 Å². The van der Waals surface area contributed by atoms with Crippen molar-refractivity contribution in [3.05, 3.63) is 100 Å². The Morgan fingerprint density at radius 3 is 2.05 bits per heavy atom. The molecule has 0 radical (unpaired) electrons. The van der Waals surface area contributed by atoms with Crippen molar-refractivity contribution >= 4 is 35.2 Å². The van der Waals surface area contributed by atoms with Crippen LogP contribution in [0.25, 0.3) is 0 Å². The molecule has 3 aromatic rings. The van der Waals surface area contributed by atoms with Gasteiger partial charge in [-0.2, -0.15) is 0 Å². The summed E-state index contributed by atoms with van der Waals surface area (Å²) in [7, 11) is 0. The van der Waals surface area contributed by atoms with Crippen molar-refractivity contribution in [2.75, 3.05) is 5.32 Å². The van der Waals surface area contributed by atoms with Crippen LogP contribution in [0.4, 0.5) is 10.5 Å². The Balaban J connectivity index is 2.17. The first-order chi connectivity index (χ1) is 20.7. The molecule has 0 spiro atoms. The number of halogens is 1. The molecule has 2 N–H and O–H groups in total. The number of anilines is 1. The molecule has 3 amide bonds. The van der Waals surface area contributed by atoms with Gasteiger partial charge in [-0.3, -0.25) is 9.59 Å². The molecular formula is C36H46ClN3O4. The SMILES string of the molecule is CCc1ccc(C(C(=O)Nc2c(C)cccc2Cl)N(C(=O)C(Cc2ccccc2)NC(=O)OC(C)(C)C)C(C)(C)CC)cc1. The highest BCUT2D eigenvalue weighted by Crippen LogP contribution is 2.35. The highest BCUT2D eigenvalue weighted by atomic mass is 35.5. The number of rotatable bonds is 11. The van der Waals surface area contributed by atoms with Crippen LogP contribution in [0, 0.1) is 6.92 Å². The number of hydrogen-bond acceptors (Lipinski definition) is 4. The topological polar surface area (TPSA) is 87.7 Å². The number of hydrogen-bond donors (Lipinski definition) is 2. The average Bonchev–Trinajstić information content (AvgIpc) is 2.96. The van der Waals surface area contributed by atoms with E-state index in [2.05, 4.69) is 17.6 Å². The molecule has 0 aliphatic rings. The van der Waals surface area contributed by atoms with Crippen molar-refractivity contribution in [2.45, 2.75) is 97.9 Å². The average molecular weight is 620 g/mol. The lowest BCUT2D eigenvalue weighted by Crippen LogP contribution is -2.59. The zero-order valence-corrected chi connectivity index (χ0v) is 27.9. The summed E-state index contributed by atoms with van der Waals surface area (Å²) >= 11 is 6.52. The monoisotopic (exact) mass is 619 g/mol. The molecule has 2 unspecified atom stereocenters.